The molecule has 0 N–H and O–H groups in total. The number of hydrogen-bond donors (Lipinski definition) is 0. The van der Waals surface area contributed by atoms with Crippen molar-refractivity contribution in [3.8, 4) is 0 Å². The first-order chi connectivity index (χ1) is 10.0. The number of carbonyl (C=O) groups is 1. The summed E-state index contributed by atoms with van der Waals surface area (Å²) in [5.74, 6) is -0.224. The average molecular weight is 409 g/mol. The van der Waals surface area contributed by atoms with E-state index in [0.29, 0.717) is 23.6 Å². The van der Waals surface area contributed by atoms with Crippen LogP contribution in [0.2, 0.25) is 5.02 Å². The lowest BCUT2D eigenvalue weighted by Gasteiger charge is -2.24. The van der Waals surface area contributed by atoms with E-state index in [-0.39, 0.29) is 12.5 Å². The Morgan fingerprint density at radius 3 is 2.59 bits per heavy atom. The summed E-state index contributed by atoms with van der Waals surface area (Å²) in [4.78, 5) is 14.1. The van der Waals surface area contributed by atoms with E-state index in [1.807, 2.05) is 0 Å². The Morgan fingerprint density at radius 2 is 2.00 bits per heavy atom. The van der Waals surface area contributed by atoms with E-state index in [1.54, 1.807) is 43.9 Å². The molecule has 0 spiro atoms. The van der Waals surface area contributed by atoms with Gasteiger partial charge in [-0.3, -0.25) is 4.79 Å². The minimum atomic E-state index is -3.28. The minimum absolute atomic E-state index is 0.223. The van der Waals surface area contributed by atoms with Gasteiger partial charge in [0.05, 0.1) is 20.6 Å². The zero-order valence-corrected chi connectivity index (χ0v) is 15.9. The number of nitrogens with zero attached hydrogens (tertiary/aromatic N) is 1. The zero-order chi connectivity index (χ0) is 16.7. The fourth-order valence-electron chi connectivity index (χ4n) is 2.50. The Labute approximate surface area is 144 Å². The van der Waals surface area contributed by atoms with Crippen molar-refractivity contribution in [2.75, 3.05) is 13.1 Å². The summed E-state index contributed by atoms with van der Waals surface area (Å²) < 4.78 is 25.0. The fourth-order valence-corrected chi connectivity index (χ4v) is 4.85. The van der Waals surface area contributed by atoms with Crippen molar-refractivity contribution in [2.24, 2.45) is 0 Å². The number of carbonyl (C=O) groups excluding carboxylic acids is 1. The highest BCUT2D eigenvalue weighted by atomic mass is 79.9. The molecule has 122 valence electrons. The normalized spacial score (nSPS) is 19.5. The van der Waals surface area contributed by atoms with Crippen LogP contribution in [-0.2, 0) is 9.84 Å². The van der Waals surface area contributed by atoms with Gasteiger partial charge in [0, 0.05) is 17.6 Å². The molecule has 22 heavy (non-hydrogen) atoms. The van der Waals surface area contributed by atoms with Crippen molar-refractivity contribution in [3.05, 3.63) is 33.3 Å². The highest BCUT2D eigenvalue weighted by Gasteiger charge is 2.42. The molecule has 1 amide bonds. The van der Waals surface area contributed by atoms with Gasteiger partial charge >= 0.3 is 0 Å². The maximum Gasteiger partial charge on any atom is 0.255 e. The van der Waals surface area contributed by atoms with Gasteiger partial charge in [-0.1, -0.05) is 27.5 Å². The first kappa shape index (κ1) is 17.8. The molecule has 1 aromatic rings. The predicted octanol–water partition coefficient (Wildman–Crippen LogP) is 3.53. The highest BCUT2D eigenvalue weighted by Crippen LogP contribution is 2.29. The van der Waals surface area contributed by atoms with E-state index in [9.17, 15) is 13.2 Å². The Balaban J connectivity index is 2.20. The van der Waals surface area contributed by atoms with Gasteiger partial charge in [0.1, 0.15) is 0 Å². The Kier molecular flexibility index (Phi) is 4.95. The van der Waals surface area contributed by atoms with Crippen molar-refractivity contribution in [1.29, 1.82) is 0 Å². The summed E-state index contributed by atoms with van der Waals surface area (Å²) in [6.07, 6.45) is 0.469. The molecule has 0 saturated carbocycles. The average Bonchev–Trinajstić information content (AvgIpc) is 2.89. The second-order valence-electron chi connectivity index (χ2n) is 6.44. The van der Waals surface area contributed by atoms with Crippen LogP contribution in [0.1, 0.15) is 37.6 Å². The van der Waals surface area contributed by atoms with Gasteiger partial charge in [-0.15, -0.1) is 0 Å². The molecule has 0 radical (unpaired) electrons. The molecule has 1 aliphatic rings. The highest BCUT2D eigenvalue weighted by molar-refractivity contribution is 9.10. The van der Waals surface area contributed by atoms with Crippen LogP contribution in [0.25, 0.3) is 0 Å². The first-order valence-electron chi connectivity index (χ1n) is 7.02. The molecule has 0 aliphatic carbocycles. The summed E-state index contributed by atoms with van der Waals surface area (Å²) in [7, 11) is -3.28. The lowest BCUT2D eigenvalue weighted by Crippen LogP contribution is -2.39. The van der Waals surface area contributed by atoms with Crippen molar-refractivity contribution < 1.29 is 13.2 Å². The standard InChI is InChI=1S/C15H19BrClNO3S/c1-15(2,3)22(20,21)11-6-7-18(9-11)14(19)12-8-10(16)4-5-13(12)17/h4-5,8,11H,6-7,9H2,1-3H3. The monoisotopic (exact) mass is 407 g/mol. The molecule has 0 aromatic heterocycles. The quantitative estimate of drug-likeness (QED) is 0.752. The van der Waals surface area contributed by atoms with E-state index >= 15 is 0 Å². The Morgan fingerprint density at radius 1 is 1.36 bits per heavy atom. The lowest BCUT2D eigenvalue weighted by atomic mass is 10.2. The third-order valence-corrected chi connectivity index (χ3v) is 7.68. The number of amides is 1. The van der Waals surface area contributed by atoms with Crippen molar-refractivity contribution in [1.82, 2.24) is 4.90 Å². The van der Waals surface area contributed by atoms with Crippen LogP contribution in [0.3, 0.4) is 0 Å². The van der Waals surface area contributed by atoms with Crippen LogP contribution in [0.4, 0.5) is 0 Å². The Hall–Kier alpha value is -0.590. The summed E-state index contributed by atoms with van der Waals surface area (Å²) >= 11 is 9.40. The third-order valence-electron chi connectivity index (χ3n) is 3.88. The second-order valence-corrected chi connectivity index (χ2v) is 10.7. The van der Waals surface area contributed by atoms with Crippen LogP contribution in [-0.4, -0.2) is 42.3 Å². The van der Waals surface area contributed by atoms with Gasteiger partial charge in [0.2, 0.25) is 0 Å². The van der Waals surface area contributed by atoms with Crippen LogP contribution in [0.15, 0.2) is 22.7 Å². The lowest BCUT2D eigenvalue weighted by molar-refractivity contribution is 0.0793. The molecule has 1 aromatic carbocycles. The SMILES string of the molecule is CC(C)(C)S(=O)(=O)C1CCN(C(=O)c2cc(Br)ccc2Cl)C1. The molecule has 1 saturated heterocycles. The molecule has 0 bridgehead atoms. The summed E-state index contributed by atoms with van der Waals surface area (Å²) in [6.45, 7) is 5.73. The predicted molar refractivity (Wildman–Crippen MR) is 92.1 cm³/mol. The van der Waals surface area contributed by atoms with E-state index in [0.717, 1.165) is 4.47 Å². The summed E-state index contributed by atoms with van der Waals surface area (Å²) in [6, 6.07) is 5.07. The van der Waals surface area contributed by atoms with Crippen molar-refractivity contribution >= 4 is 43.3 Å². The van der Waals surface area contributed by atoms with Crippen LogP contribution >= 0.6 is 27.5 Å². The number of benzene rings is 1. The largest absolute Gasteiger partial charge is 0.337 e. The van der Waals surface area contributed by atoms with Gasteiger partial charge < -0.3 is 4.90 Å². The third kappa shape index (κ3) is 3.34. The molecule has 1 fully saturated rings. The van der Waals surface area contributed by atoms with E-state index in [2.05, 4.69) is 15.9 Å². The summed E-state index contributed by atoms with van der Waals surface area (Å²) in [5.41, 5.74) is 0.393. The van der Waals surface area contributed by atoms with Gasteiger partial charge in [-0.05, 0) is 45.4 Å². The van der Waals surface area contributed by atoms with Crippen molar-refractivity contribution in [3.63, 3.8) is 0 Å². The fraction of sp³-hybridized carbons (Fsp3) is 0.533. The smallest absolute Gasteiger partial charge is 0.255 e. The van der Waals surface area contributed by atoms with Crippen molar-refractivity contribution in [2.45, 2.75) is 37.2 Å². The minimum Gasteiger partial charge on any atom is -0.337 e. The number of sulfone groups is 1. The van der Waals surface area contributed by atoms with E-state index in [1.165, 1.54) is 0 Å². The molecular weight excluding hydrogens is 390 g/mol. The van der Waals surface area contributed by atoms with Gasteiger partial charge in [0.15, 0.2) is 9.84 Å². The number of hydrogen-bond acceptors (Lipinski definition) is 3. The molecule has 1 unspecified atom stereocenters. The van der Waals surface area contributed by atoms with Gasteiger partial charge in [-0.25, -0.2) is 8.42 Å². The maximum atomic E-state index is 12.6. The molecule has 1 aliphatic heterocycles. The molecular formula is C15H19BrClNO3S. The first-order valence-corrected chi connectivity index (χ1v) is 9.73. The van der Waals surface area contributed by atoms with Crippen LogP contribution < -0.4 is 0 Å². The van der Waals surface area contributed by atoms with Crippen LogP contribution in [0, 0.1) is 0 Å². The second kappa shape index (κ2) is 6.13. The zero-order valence-electron chi connectivity index (χ0n) is 12.8. The molecule has 2 rings (SSSR count). The molecule has 4 nitrogen and oxygen atoms in total. The van der Waals surface area contributed by atoms with Gasteiger partial charge in [-0.2, -0.15) is 0 Å². The number of likely N-dealkylation sites (tertiary alicyclic amines) is 1. The maximum absolute atomic E-state index is 12.6. The number of halogens is 2. The van der Waals surface area contributed by atoms with E-state index < -0.39 is 19.8 Å². The number of rotatable bonds is 2. The molecule has 7 heteroatoms. The van der Waals surface area contributed by atoms with Gasteiger partial charge in [0.25, 0.3) is 5.91 Å². The van der Waals surface area contributed by atoms with Crippen LogP contribution in [0.5, 0.6) is 0 Å². The van der Waals surface area contributed by atoms with E-state index in [4.69, 9.17) is 11.6 Å². The topological polar surface area (TPSA) is 54.5 Å². The Bertz CT molecular complexity index is 697. The summed E-state index contributed by atoms with van der Waals surface area (Å²) in [5, 5.41) is -0.141. The molecule has 1 atom stereocenters. The molecule has 1 heterocycles.